The number of ether oxygens (including phenoxy) is 1. The molecule has 0 spiro atoms. The van der Waals surface area contributed by atoms with E-state index in [1.54, 1.807) is 22.2 Å². The van der Waals surface area contributed by atoms with Crippen LogP contribution in [-0.2, 0) is 6.61 Å². The molecule has 2 aromatic heterocycles. The van der Waals surface area contributed by atoms with Crippen molar-refractivity contribution < 1.29 is 4.74 Å². The van der Waals surface area contributed by atoms with Gasteiger partial charge in [-0.1, -0.05) is 18.2 Å². The molecular formula is C15H14N4OS2. The van der Waals surface area contributed by atoms with E-state index in [-0.39, 0.29) is 6.61 Å². The second-order valence-corrected chi connectivity index (χ2v) is 5.91. The molecule has 112 valence electrons. The average molecular weight is 330 g/mol. The highest BCUT2D eigenvalue weighted by Crippen LogP contribution is 2.14. The van der Waals surface area contributed by atoms with Crippen molar-refractivity contribution in [3.63, 3.8) is 0 Å². The molecule has 2 heterocycles. The van der Waals surface area contributed by atoms with Crippen molar-refractivity contribution in [2.75, 3.05) is 0 Å². The zero-order valence-electron chi connectivity index (χ0n) is 11.9. The highest BCUT2D eigenvalue weighted by molar-refractivity contribution is 7.71. The van der Waals surface area contributed by atoms with Gasteiger partial charge in [-0.2, -0.15) is 14.9 Å². The number of hydrogen-bond donors (Lipinski definition) is 1. The largest absolute Gasteiger partial charge is 0.486 e. The Bertz CT molecular complexity index is 833. The maximum atomic E-state index is 5.69. The maximum Gasteiger partial charge on any atom is 0.216 e. The third-order valence-electron chi connectivity index (χ3n) is 3.02. The highest BCUT2D eigenvalue weighted by atomic mass is 32.1. The topological polar surface area (TPSA) is 55.2 Å². The minimum atomic E-state index is 0.290. The molecule has 0 aliphatic rings. The minimum Gasteiger partial charge on any atom is -0.486 e. The number of aromatic amines is 1. The van der Waals surface area contributed by atoms with Crippen molar-refractivity contribution in [3.8, 4) is 5.75 Å². The van der Waals surface area contributed by atoms with Crippen LogP contribution in [0, 0.1) is 11.7 Å². The summed E-state index contributed by atoms with van der Waals surface area (Å²) in [4.78, 5) is 1.10. The van der Waals surface area contributed by atoms with Gasteiger partial charge >= 0.3 is 0 Å². The van der Waals surface area contributed by atoms with Gasteiger partial charge in [0.2, 0.25) is 4.77 Å². The van der Waals surface area contributed by atoms with E-state index < -0.39 is 0 Å². The number of nitrogens with zero attached hydrogens (tertiary/aromatic N) is 3. The van der Waals surface area contributed by atoms with E-state index in [4.69, 9.17) is 17.0 Å². The Kier molecular flexibility index (Phi) is 4.45. The fraction of sp³-hybridized carbons (Fsp3) is 0.133. The SMILES string of the molecule is Cc1ccsc1/C=N/n1c(COc2ccccc2)n[nH]c1=S. The van der Waals surface area contributed by atoms with Crippen LogP contribution in [0.4, 0.5) is 0 Å². The summed E-state index contributed by atoms with van der Waals surface area (Å²) in [5.41, 5.74) is 1.19. The van der Waals surface area contributed by atoms with Crippen LogP contribution in [-0.4, -0.2) is 21.1 Å². The summed E-state index contributed by atoms with van der Waals surface area (Å²) in [6, 6.07) is 11.6. The Hall–Kier alpha value is -2.25. The Labute approximate surface area is 136 Å². The molecule has 0 aliphatic carbocycles. The molecule has 3 aromatic rings. The predicted molar refractivity (Wildman–Crippen MR) is 90.2 cm³/mol. The first-order chi connectivity index (χ1) is 10.7. The van der Waals surface area contributed by atoms with Gasteiger partial charge < -0.3 is 4.74 Å². The van der Waals surface area contributed by atoms with E-state index in [0.29, 0.717) is 10.6 Å². The molecule has 0 radical (unpaired) electrons. The van der Waals surface area contributed by atoms with Crippen LogP contribution < -0.4 is 4.74 Å². The first-order valence-corrected chi connectivity index (χ1v) is 7.95. The number of para-hydroxylation sites is 1. The lowest BCUT2D eigenvalue weighted by atomic mass is 10.3. The summed E-state index contributed by atoms with van der Waals surface area (Å²) in [7, 11) is 0. The summed E-state index contributed by atoms with van der Waals surface area (Å²) in [6.45, 7) is 2.34. The maximum absolute atomic E-state index is 5.69. The third kappa shape index (κ3) is 3.32. The zero-order chi connectivity index (χ0) is 15.4. The van der Waals surface area contributed by atoms with E-state index in [1.807, 2.05) is 42.6 Å². The van der Waals surface area contributed by atoms with Gasteiger partial charge in [0.15, 0.2) is 5.82 Å². The Morgan fingerprint density at radius 2 is 2.18 bits per heavy atom. The average Bonchev–Trinajstić information content (AvgIpc) is 3.10. The van der Waals surface area contributed by atoms with Crippen LogP contribution in [0.5, 0.6) is 5.75 Å². The van der Waals surface area contributed by atoms with E-state index in [2.05, 4.69) is 21.4 Å². The molecular weight excluding hydrogens is 316 g/mol. The molecule has 3 rings (SSSR count). The molecule has 0 atom stereocenters. The molecule has 22 heavy (non-hydrogen) atoms. The van der Waals surface area contributed by atoms with E-state index in [1.165, 1.54) is 5.56 Å². The van der Waals surface area contributed by atoms with Gasteiger partial charge in [-0.05, 0) is 48.3 Å². The van der Waals surface area contributed by atoms with Gasteiger partial charge in [0.05, 0.1) is 11.1 Å². The molecule has 1 aromatic carbocycles. The number of hydrogen-bond acceptors (Lipinski definition) is 5. The number of thiophene rings is 1. The molecule has 0 fully saturated rings. The van der Waals surface area contributed by atoms with Crippen LogP contribution >= 0.6 is 23.6 Å². The third-order valence-corrected chi connectivity index (χ3v) is 4.24. The van der Waals surface area contributed by atoms with Crippen LogP contribution in [0.1, 0.15) is 16.3 Å². The lowest BCUT2D eigenvalue weighted by Crippen LogP contribution is -2.04. The van der Waals surface area contributed by atoms with Crippen LogP contribution in [0.15, 0.2) is 46.9 Å². The molecule has 0 amide bonds. The second-order valence-electron chi connectivity index (χ2n) is 4.57. The summed E-state index contributed by atoms with van der Waals surface area (Å²) in [6.07, 6.45) is 1.79. The number of rotatable bonds is 5. The fourth-order valence-electron chi connectivity index (χ4n) is 1.83. The van der Waals surface area contributed by atoms with Gasteiger partial charge in [0.25, 0.3) is 0 Å². The van der Waals surface area contributed by atoms with Crippen molar-refractivity contribution in [3.05, 3.63) is 62.8 Å². The number of nitrogens with one attached hydrogen (secondary N) is 1. The predicted octanol–water partition coefficient (Wildman–Crippen LogP) is 3.77. The van der Waals surface area contributed by atoms with Crippen molar-refractivity contribution in [1.82, 2.24) is 14.9 Å². The summed E-state index contributed by atoms with van der Waals surface area (Å²) < 4.78 is 7.71. The molecule has 0 saturated heterocycles. The Morgan fingerprint density at radius 3 is 2.91 bits per heavy atom. The lowest BCUT2D eigenvalue weighted by molar-refractivity contribution is 0.290. The fourth-order valence-corrected chi connectivity index (χ4v) is 2.81. The molecule has 0 saturated carbocycles. The number of H-pyrrole nitrogens is 1. The number of benzene rings is 1. The summed E-state index contributed by atoms with van der Waals surface area (Å²) >= 11 is 6.85. The van der Waals surface area contributed by atoms with Gasteiger partial charge in [-0.15, -0.1) is 11.3 Å². The van der Waals surface area contributed by atoms with Crippen LogP contribution in [0.3, 0.4) is 0 Å². The molecule has 7 heteroatoms. The number of aromatic nitrogens is 3. The van der Waals surface area contributed by atoms with Crippen molar-refractivity contribution in [1.29, 1.82) is 0 Å². The van der Waals surface area contributed by atoms with E-state index in [9.17, 15) is 0 Å². The van der Waals surface area contributed by atoms with Crippen LogP contribution in [0.2, 0.25) is 0 Å². The van der Waals surface area contributed by atoms with Gasteiger partial charge in [-0.25, -0.2) is 5.10 Å². The van der Waals surface area contributed by atoms with Crippen LogP contribution in [0.25, 0.3) is 0 Å². The first kappa shape index (κ1) is 14.7. The summed E-state index contributed by atoms with van der Waals surface area (Å²) in [5.74, 6) is 1.40. The smallest absolute Gasteiger partial charge is 0.216 e. The Balaban J connectivity index is 1.78. The number of aryl methyl sites for hydroxylation is 1. The molecule has 1 N–H and O–H groups in total. The second kappa shape index (κ2) is 6.67. The lowest BCUT2D eigenvalue weighted by Gasteiger charge is -2.04. The van der Waals surface area contributed by atoms with Crippen molar-refractivity contribution >= 4 is 29.8 Å². The molecule has 0 unspecified atom stereocenters. The van der Waals surface area contributed by atoms with Gasteiger partial charge in [0.1, 0.15) is 12.4 Å². The Morgan fingerprint density at radius 1 is 1.36 bits per heavy atom. The normalized spacial score (nSPS) is 11.1. The van der Waals surface area contributed by atoms with Crippen molar-refractivity contribution in [2.45, 2.75) is 13.5 Å². The first-order valence-electron chi connectivity index (χ1n) is 6.66. The molecule has 0 bridgehead atoms. The standard InChI is InChI=1S/C15H14N4OS2/c1-11-7-8-22-13(11)9-16-19-14(17-18-15(19)21)10-20-12-5-3-2-4-6-12/h2-9H,10H2,1H3,(H,18,21)/b16-9+. The summed E-state index contributed by atoms with van der Waals surface area (Å²) in [5, 5.41) is 13.3. The molecule has 0 aliphatic heterocycles. The quantitative estimate of drug-likeness (QED) is 0.572. The van der Waals surface area contributed by atoms with Gasteiger partial charge in [-0.3, -0.25) is 0 Å². The highest BCUT2D eigenvalue weighted by Gasteiger charge is 2.06. The minimum absolute atomic E-state index is 0.290. The van der Waals surface area contributed by atoms with E-state index in [0.717, 1.165) is 10.6 Å². The van der Waals surface area contributed by atoms with Gasteiger partial charge in [0, 0.05) is 0 Å². The molecule has 5 nitrogen and oxygen atoms in total. The van der Waals surface area contributed by atoms with E-state index >= 15 is 0 Å². The zero-order valence-corrected chi connectivity index (χ0v) is 13.5. The van der Waals surface area contributed by atoms with Crippen molar-refractivity contribution in [2.24, 2.45) is 5.10 Å². The monoisotopic (exact) mass is 330 g/mol.